The molecule has 0 radical (unpaired) electrons. The predicted octanol–water partition coefficient (Wildman–Crippen LogP) is 6.00. The molecular formula is C33H54N3+3. The average Bonchev–Trinajstić information content (AvgIpc) is 2.95. The minimum atomic E-state index is 1.05. The van der Waals surface area contributed by atoms with Crippen molar-refractivity contribution in [3.63, 3.8) is 0 Å². The van der Waals surface area contributed by atoms with Crippen LogP contribution in [0.2, 0.25) is 0 Å². The maximum atomic E-state index is 2.55. The molecule has 9 heterocycles. The van der Waals surface area contributed by atoms with E-state index in [4.69, 9.17) is 0 Å². The zero-order valence-corrected chi connectivity index (χ0v) is 23.9. The second-order valence-electron chi connectivity index (χ2n) is 15.0. The summed E-state index contributed by atoms with van der Waals surface area (Å²) in [5.74, 6) is 3.14. The van der Waals surface area contributed by atoms with Gasteiger partial charge in [-0.3, -0.25) is 0 Å². The molecule has 0 saturated carbocycles. The van der Waals surface area contributed by atoms with Crippen molar-refractivity contribution in [3.8, 4) is 0 Å². The molecule has 0 aliphatic carbocycles. The summed E-state index contributed by atoms with van der Waals surface area (Å²) in [6.45, 7) is 24.7. The van der Waals surface area contributed by atoms with Gasteiger partial charge in [-0.1, -0.05) is 0 Å². The van der Waals surface area contributed by atoms with Crippen LogP contribution in [0.15, 0.2) is 0 Å². The molecule has 3 nitrogen and oxygen atoms in total. The first kappa shape index (κ1) is 24.2. The predicted molar refractivity (Wildman–Crippen MR) is 148 cm³/mol. The van der Waals surface area contributed by atoms with E-state index in [-0.39, 0.29) is 0 Å². The van der Waals surface area contributed by atoms with Gasteiger partial charge in [0.25, 0.3) is 0 Å². The molecule has 0 N–H and O–H groups in total. The summed E-state index contributed by atoms with van der Waals surface area (Å²) in [5, 5.41) is 0. The van der Waals surface area contributed by atoms with E-state index in [9.17, 15) is 0 Å². The summed E-state index contributed by atoms with van der Waals surface area (Å²) in [6, 6.07) is 0. The molecule has 0 unspecified atom stereocenters. The van der Waals surface area contributed by atoms with Gasteiger partial charge in [-0.05, 0) is 113 Å². The third-order valence-corrected chi connectivity index (χ3v) is 13.3. The van der Waals surface area contributed by atoms with Crippen LogP contribution < -0.4 is 0 Å². The molecule has 9 aliphatic heterocycles. The Balaban J connectivity index is 1.29. The van der Waals surface area contributed by atoms with Crippen molar-refractivity contribution in [2.75, 3.05) is 58.9 Å². The molecule has 0 atom stereocenters. The Kier molecular flexibility index (Phi) is 5.92. The Morgan fingerprint density at radius 3 is 0.778 bits per heavy atom. The van der Waals surface area contributed by atoms with E-state index >= 15 is 0 Å². The molecule has 3 heteroatoms. The van der Waals surface area contributed by atoms with Gasteiger partial charge in [-0.25, -0.2) is 0 Å². The van der Waals surface area contributed by atoms with E-state index in [2.05, 4.69) is 20.8 Å². The second kappa shape index (κ2) is 8.82. The van der Waals surface area contributed by atoms with Gasteiger partial charge < -0.3 is 13.4 Å². The fourth-order valence-electron chi connectivity index (χ4n) is 10.2. The van der Waals surface area contributed by atoms with Crippen LogP contribution in [0.4, 0.5) is 0 Å². The number of piperidine rings is 9. The molecule has 1 aromatic rings. The van der Waals surface area contributed by atoms with Crippen LogP contribution in [0.5, 0.6) is 0 Å². The van der Waals surface area contributed by atoms with Crippen LogP contribution in [-0.2, 0) is 19.6 Å². The first-order chi connectivity index (χ1) is 17.4. The normalized spacial score (nSPS) is 41.2. The third kappa shape index (κ3) is 4.02. The van der Waals surface area contributed by atoms with E-state index in [1.807, 2.05) is 0 Å². The SMILES string of the molecule is Cc1c(C[N+]23CCC(CC2)CC3)c(C)c(C[N+]23CCC(CC2)CC3)c(C)c1C[N+]12CCC(CC1)CC2. The van der Waals surface area contributed by atoms with Crippen molar-refractivity contribution in [2.24, 2.45) is 17.8 Å². The minimum absolute atomic E-state index is 1.05. The van der Waals surface area contributed by atoms with Gasteiger partial charge in [-0.15, -0.1) is 0 Å². The molecule has 6 bridgehead atoms. The highest BCUT2D eigenvalue weighted by Gasteiger charge is 2.44. The molecule has 36 heavy (non-hydrogen) atoms. The van der Waals surface area contributed by atoms with E-state index in [0.717, 1.165) is 17.8 Å². The molecular weight excluding hydrogens is 438 g/mol. The summed E-state index contributed by atoms with van der Waals surface area (Å²) < 4.78 is 4.22. The Labute approximate surface area is 221 Å². The smallest absolute Gasteiger partial charge is 0.105 e. The highest BCUT2D eigenvalue weighted by Crippen LogP contribution is 2.42. The van der Waals surface area contributed by atoms with Crippen LogP contribution in [0, 0.1) is 38.5 Å². The van der Waals surface area contributed by atoms with Crippen LogP contribution in [-0.4, -0.2) is 72.4 Å². The zero-order valence-electron chi connectivity index (χ0n) is 23.9. The number of hydrogen-bond donors (Lipinski definition) is 0. The zero-order chi connectivity index (χ0) is 24.5. The van der Waals surface area contributed by atoms with Crippen molar-refractivity contribution >= 4 is 0 Å². The number of nitrogens with zero attached hydrogens (tertiary/aromatic N) is 3. The van der Waals surface area contributed by atoms with Crippen LogP contribution in [0.1, 0.15) is 91.2 Å². The largest absolute Gasteiger partial charge is 0.320 e. The number of fused-ring (bicyclic) bond motifs is 9. The fraction of sp³-hybridized carbons (Fsp3) is 0.818. The van der Waals surface area contributed by atoms with Crippen LogP contribution in [0.3, 0.4) is 0 Å². The topological polar surface area (TPSA) is 0 Å². The summed E-state index contributed by atoms with van der Waals surface area (Å²) in [5.41, 5.74) is 10.5. The molecule has 10 rings (SSSR count). The fourth-order valence-corrected chi connectivity index (χ4v) is 10.2. The Hall–Kier alpha value is -0.900. The van der Waals surface area contributed by atoms with Gasteiger partial charge in [-0.2, -0.15) is 0 Å². The highest BCUT2D eigenvalue weighted by atomic mass is 15.4. The van der Waals surface area contributed by atoms with Crippen LogP contribution >= 0.6 is 0 Å². The summed E-state index contributed by atoms with van der Waals surface area (Å²) in [4.78, 5) is 0. The van der Waals surface area contributed by atoms with Gasteiger partial charge in [0.15, 0.2) is 0 Å². The monoisotopic (exact) mass is 492 g/mol. The lowest BCUT2D eigenvalue weighted by atomic mass is 9.80. The van der Waals surface area contributed by atoms with Crippen molar-refractivity contribution in [1.82, 2.24) is 0 Å². The third-order valence-electron chi connectivity index (χ3n) is 13.3. The highest BCUT2D eigenvalue weighted by molar-refractivity contribution is 5.50. The maximum Gasteiger partial charge on any atom is 0.105 e. The number of benzene rings is 1. The van der Waals surface area contributed by atoms with Crippen molar-refractivity contribution in [1.29, 1.82) is 0 Å². The van der Waals surface area contributed by atoms with E-state index < -0.39 is 0 Å². The summed E-state index contributed by atoms with van der Waals surface area (Å²) in [7, 11) is 0. The average molecular weight is 493 g/mol. The molecule has 1 aromatic carbocycles. The Morgan fingerprint density at radius 2 is 0.583 bits per heavy atom. The lowest BCUT2D eigenvalue weighted by Gasteiger charge is -2.51. The summed E-state index contributed by atoms with van der Waals surface area (Å²) in [6.07, 6.45) is 13.4. The van der Waals surface area contributed by atoms with Crippen LogP contribution in [0.25, 0.3) is 0 Å². The second-order valence-corrected chi connectivity index (χ2v) is 15.0. The lowest BCUT2D eigenvalue weighted by Crippen LogP contribution is -2.58. The maximum absolute atomic E-state index is 2.55. The van der Waals surface area contributed by atoms with E-state index in [1.54, 1.807) is 33.4 Å². The van der Waals surface area contributed by atoms with Crippen molar-refractivity contribution in [3.05, 3.63) is 33.4 Å². The lowest BCUT2D eigenvalue weighted by molar-refractivity contribution is -0.956. The van der Waals surface area contributed by atoms with Crippen molar-refractivity contribution in [2.45, 2.75) is 98.2 Å². The van der Waals surface area contributed by atoms with Crippen molar-refractivity contribution < 1.29 is 13.4 Å². The Bertz CT molecular complexity index is 809. The van der Waals surface area contributed by atoms with E-state index in [1.165, 1.54) is 150 Å². The molecule has 0 aromatic heterocycles. The van der Waals surface area contributed by atoms with Gasteiger partial charge >= 0.3 is 0 Å². The number of quaternary nitrogens is 3. The van der Waals surface area contributed by atoms with Gasteiger partial charge in [0.1, 0.15) is 19.6 Å². The number of rotatable bonds is 6. The first-order valence-corrected chi connectivity index (χ1v) is 16.0. The van der Waals surface area contributed by atoms with Gasteiger partial charge in [0.05, 0.1) is 58.9 Å². The quantitative estimate of drug-likeness (QED) is 0.427. The molecule has 0 amide bonds. The molecule has 0 spiro atoms. The minimum Gasteiger partial charge on any atom is -0.320 e. The molecule has 9 fully saturated rings. The molecule has 9 saturated heterocycles. The van der Waals surface area contributed by atoms with Gasteiger partial charge in [0, 0.05) is 16.7 Å². The van der Waals surface area contributed by atoms with Gasteiger partial charge in [0.2, 0.25) is 0 Å². The first-order valence-electron chi connectivity index (χ1n) is 16.0. The Morgan fingerprint density at radius 1 is 0.389 bits per heavy atom. The number of hydrogen-bond acceptors (Lipinski definition) is 0. The summed E-state index contributed by atoms with van der Waals surface area (Å²) >= 11 is 0. The van der Waals surface area contributed by atoms with E-state index in [0.29, 0.717) is 0 Å². The molecule has 9 aliphatic rings. The standard InChI is InChI=1S/C33H54N3/c1-25-31(22-34-13-4-28(5-14-34)6-15-34)26(2)33(24-36-19-10-30(11-20-36)12-21-36)27(3)32(25)23-35-16-7-29(8-17-35)9-18-35/h28-30H,4-24H2,1-3H3/q+3. The molecule has 198 valence electrons.